The van der Waals surface area contributed by atoms with E-state index in [1.54, 1.807) is 36.5 Å². The summed E-state index contributed by atoms with van der Waals surface area (Å²) in [7, 11) is 0. The third-order valence-corrected chi connectivity index (χ3v) is 3.45. The number of amides is 1. The van der Waals surface area contributed by atoms with Crippen molar-refractivity contribution in [1.82, 2.24) is 9.97 Å². The average molecular weight is 352 g/mol. The first kappa shape index (κ1) is 16.2. The molecule has 4 nitrogen and oxygen atoms in total. The molecule has 1 N–H and O–H groups in total. The normalized spacial score (nSPS) is 11.5. The van der Waals surface area contributed by atoms with Gasteiger partial charge in [-0.3, -0.25) is 4.79 Å². The Morgan fingerprint density at radius 2 is 1.88 bits per heavy atom. The van der Waals surface area contributed by atoms with Crippen molar-refractivity contribution in [2.75, 3.05) is 5.32 Å². The first-order valence-corrected chi connectivity index (χ1v) is 7.12. The van der Waals surface area contributed by atoms with E-state index in [1.165, 1.54) is 12.1 Å². The van der Waals surface area contributed by atoms with Crippen LogP contribution in [0.3, 0.4) is 0 Å². The van der Waals surface area contributed by atoms with Crippen molar-refractivity contribution < 1.29 is 18.0 Å². The molecule has 0 radical (unpaired) electrons. The summed E-state index contributed by atoms with van der Waals surface area (Å²) in [5, 5.41) is 2.63. The van der Waals surface area contributed by atoms with E-state index in [0.717, 1.165) is 5.39 Å². The van der Waals surface area contributed by atoms with Gasteiger partial charge in [-0.1, -0.05) is 30.3 Å². The minimum Gasteiger partial charge on any atom is -0.318 e. The molecule has 24 heavy (non-hydrogen) atoms. The van der Waals surface area contributed by atoms with Crippen LogP contribution in [0.5, 0.6) is 0 Å². The molecule has 1 heterocycles. The topological polar surface area (TPSA) is 54.9 Å². The number of anilines is 1. The van der Waals surface area contributed by atoms with Crippen LogP contribution in [0, 0.1) is 0 Å². The molecule has 2 aromatic carbocycles. The van der Waals surface area contributed by atoms with E-state index in [4.69, 9.17) is 11.6 Å². The van der Waals surface area contributed by atoms with Gasteiger partial charge in [-0.05, 0) is 29.3 Å². The highest BCUT2D eigenvalue weighted by atomic mass is 35.5. The minimum absolute atomic E-state index is 0.0342. The Kier molecular flexibility index (Phi) is 4.11. The molecule has 122 valence electrons. The second kappa shape index (κ2) is 6.09. The fraction of sp³-hybridized carbons (Fsp3) is 0.0625. The van der Waals surface area contributed by atoms with Crippen LogP contribution >= 0.6 is 11.6 Å². The van der Waals surface area contributed by atoms with Crippen LogP contribution in [-0.4, -0.2) is 22.1 Å². The highest BCUT2D eigenvalue weighted by molar-refractivity contribution is 6.28. The maximum absolute atomic E-state index is 12.4. The molecule has 0 unspecified atom stereocenters. The van der Waals surface area contributed by atoms with Gasteiger partial charge in [0.15, 0.2) is 0 Å². The monoisotopic (exact) mass is 351 g/mol. The van der Waals surface area contributed by atoms with Crippen LogP contribution < -0.4 is 5.32 Å². The minimum atomic E-state index is -4.95. The Morgan fingerprint density at radius 1 is 1.12 bits per heavy atom. The van der Waals surface area contributed by atoms with E-state index in [0.29, 0.717) is 16.6 Å². The van der Waals surface area contributed by atoms with E-state index < -0.39 is 12.1 Å². The lowest BCUT2D eigenvalue weighted by molar-refractivity contribution is -0.167. The van der Waals surface area contributed by atoms with Crippen LogP contribution in [0.2, 0.25) is 5.28 Å². The zero-order chi connectivity index (χ0) is 17.3. The van der Waals surface area contributed by atoms with Gasteiger partial charge in [-0.25, -0.2) is 9.97 Å². The van der Waals surface area contributed by atoms with Crippen molar-refractivity contribution in [3.63, 3.8) is 0 Å². The first-order chi connectivity index (χ1) is 11.3. The predicted octanol–water partition coefficient (Wildman–Crippen LogP) is 4.45. The molecular weight excluding hydrogens is 343 g/mol. The Morgan fingerprint density at radius 3 is 2.62 bits per heavy atom. The Bertz CT molecular complexity index is 928. The van der Waals surface area contributed by atoms with Crippen molar-refractivity contribution in [2.45, 2.75) is 6.18 Å². The molecule has 0 saturated heterocycles. The van der Waals surface area contributed by atoms with Crippen LogP contribution in [0.1, 0.15) is 0 Å². The number of nitrogens with one attached hydrogen (secondary N) is 1. The zero-order valence-electron chi connectivity index (χ0n) is 11.9. The highest BCUT2D eigenvalue weighted by Gasteiger charge is 2.38. The van der Waals surface area contributed by atoms with Gasteiger partial charge in [0, 0.05) is 22.8 Å². The number of rotatable bonds is 2. The number of benzene rings is 2. The second-order valence-electron chi connectivity index (χ2n) is 4.92. The number of hydrogen-bond donors (Lipinski definition) is 1. The number of fused-ring (bicyclic) bond motifs is 1. The Hall–Kier alpha value is -2.67. The number of nitrogens with zero attached hydrogens (tertiary/aromatic N) is 2. The molecule has 0 fully saturated rings. The van der Waals surface area contributed by atoms with E-state index in [1.807, 2.05) is 5.32 Å². The quantitative estimate of drug-likeness (QED) is 0.694. The molecule has 1 aromatic heterocycles. The summed E-state index contributed by atoms with van der Waals surface area (Å²) in [6, 6.07) is 11.4. The van der Waals surface area contributed by atoms with Crippen molar-refractivity contribution >= 4 is 34.1 Å². The summed E-state index contributed by atoms with van der Waals surface area (Å²) < 4.78 is 37.1. The summed E-state index contributed by atoms with van der Waals surface area (Å²) in [6.45, 7) is 0. The fourth-order valence-corrected chi connectivity index (χ4v) is 2.37. The predicted molar refractivity (Wildman–Crippen MR) is 84.7 cm³/mol. The fourth-order valence-electron chi connectivity index (χ4n) is 2.23. The summed E-state index contributed by atoms with van der Waals surface area (Å²) in [5.41, 5.74) is 1.86. The summed E-state index contributed by atoms with van der Waals surface area (Å²) in [4.78, 5) is 19.1. The van der Waals surface area contributed by atoms with E-state index in [2.05, 4.69) is 9.97 Å². The molecular formula is C16H9ClF3N3O. The van der Waals surface area contributed by atoms with Gasteiger partial charge in [-0.2, -0.15) is 13.2 Å². The SMILES string of the molecule is O=C(Nc1cccc(-c2cccc3cnc(Cl)nc23)c1)C(F)(F)F. The number of hydrogen-bond acceptors (Lipinski definition) is 3. The number of halogens is 4. The van der Waals surface area contributed by atoms with Crippen LogP contribution in [0.15, 0.2) is 48.7 Å². The molecule has 8 heteroatoms. The van der Waals surface area contributed by atoms with Gasteiger partial charge in [-0.15, -0.1) is 0 Å². The van der Waals surface area contributed by atoms with Gasteiger partial charge >= 0.3 is 12.1 Å². The maximum Gasteiger partial charge on any atom is 0.471 e. The van der Waals surface area contributed by atoms with Gasteiger partial charge in [0.05, 0.1) is 5.52 Å². The number of para-hydroxylation sites is 1. The first-order valence-electron chi connectivity index (χ1n) is 6.74. The molecule has 3 aromatic rings. The van der Waals surface area contributed by atoms with Crippen molar-refractivity contribution in [3.05, 3.63) is 53.9 Å². The van der Waals surface area contributed by atoms with E-state index >= 15 is 0 Å². The number of carbonyl (C=O) groups excluding carboxylic acids is 1. The summed E-state index contributed by atoms with van der Waals surface area (Å²) in [5.74, 6) is -2.03. The smallest absolute Gasteiger partial charge is 0.318 e. The van der Waals surface area contributed by atoms with Crippen LogP contribution in [0.25, 0.3) is 22.0 Å². The van der Waals surface area contributed by atoms with E-state index in [-0.39, 0.29) is 11.0 Å². The highest BCUT2D eigenvalue weighted by Crippen LogP contribution is 2.29. The number of alkyl halides is 3. The molecule has 0 spiro atoms. The number of carbonyl (C=O) groups is 1. The Labute approximate surface area is 139 Å². The lowest BCUT2D eigenvalue weighted by atomic mass is 10.0. The summed E-state index contributed by atoms with van der Waals surface area (Å²) >= 11 is 5.82. The second-order valence-corrected chi connectivity index (χ2v) is 5.25. The lowest BCUT2D eigenvalue weighted by Crippen LogP contribution is -2.29. The van der Waals surface area contributed by atoms with Crippen molar-refractivity contribution in [2.24, 2.45) is 0 Å². The molecule has 0 aliphatic carbocycles. The molecule has 0 atom stereocenters. The van der Waals surface area contributed by atoms with Crippen molar-refractivity contribution in [1.29, 1.82) is 0 Å². The van der Waals surface area contributed by atoms with Crippen LogP contribution in [0.4, 0.5) is 18.9 Å². The van der Waals surface area contributed by atoms with Gasteiger partial charge < -0.3 is 5.32 Å². The van der Waals surface area contributed by atoms with Gasteiger partial charge in [0.25, 0.3) is 0 Å². The molecule has 0 saturated carbocycles. The average Bonchev–Trinajstić information content (AvgIpc) is 2.53. The Balaban J connectivity index is 2.04. The van der Waals surface area contributed by atoms with Gasteiger partial charge in [0.2, 0.25) is 5.28 Å². The lowest BCUT2D eigenvalue weighted by Gasteiger charge is -2.10. The third kappa shape index (κ3) is 3.30. The zero-order valence-corrected chi connectivity index (χ0v) is 12.7. The maximum atomic E-state index is 12.4. The van der Waals surface area contributed by atoms with E-state index in [9.17, 15) is 18.0 Å². The molecule has 0 aliphatic heterocycles. The largest absolute Gasteiger partial charge is 0.471 e. The molecule has 0 aliphatic rings. The third-order valence-electron chi connectivity index (χ3n) is 3.27. The summed E-state index contributed by atoms with van der Waals surface area (Å²) in [6.07, 6.45) is -3.39. The number of aromatic nitrogens is 2. The van der Waals surface area contributed by atoms with Crippen LogP contribution in [-0.2, 0) is 4.79 Å². The standard InChI is InChI=1S/C16H9ClF3N3O/c17-15-21-8-10-4-2-6-12(13(10)23-15)9-3-1-5-11(7-9)22-14(24)16(18,19)20/h1-8H,(H,22,24). The molecule has 1 amide bonds. The van der Waals surface area contributed by atoms with Crippen molar-refractivity contribution in [3.8, 4) is 11.1 Å². The molecule has 0 bridgehead atoms. The molecule has 3 rings (SSSR count). The van der Waals surface area contributed by atoms with Gasteiger partial charge in [0.1, 0.15) is 0 Å².